The quantitative estimate of drug-likeness (QED) is 0.880. The largest absolute Gasteiger partial charge is 0.493 e. The van der Waals surface area contributed by atoms with E-state index in [1.165, 1.54) is 6.92 Å². The van der Waals surface area contributed by atoms with Crippen LogP contribution in [0.2, 0.25) is 0 Å². The van der Waals surface area contributed by atoms with Crippen molar-refractivity contribution in [2.24, 2.45) is 5.92 Å². The predicted octanol–water partition coefficient (Wildman–Crippen LogP) is 1.72. The van der Waals surface area contributed by atoms with Gasteiger partial charge in [-0.25, -0.2) is 0 Å². The predicted molar refractivity (Wildman–Crippen MR) is 76.7 cm³/mol. The van der Waals surface area contributed by atoms with Crippen molar-refractivity contribution in [2.45, 2.75) is 33.2 Å². The number of carbonyl (C=O) groups is 2. The summed E-state index contributed by atoms with van der Waals surface area (Å²) in [5.74, 6) is 0.497. The SMILES string of the molecule is CC(=O)N[C@H](C(=O)Nc1ccc2c(c1)CCO2)C(C)C. The van der Waals surface area contributed by atoms with E-state index >= 15 is 0 Å². The Balaban J connectivity index is 2.07. The van der Waals surface area contributed by atoms with Crippen LogP contribution in [-0.2, 0) is 16.0 Å². The number of rotatable bonds is 4. The average molecular weight is 276 g/mol. The number of hydrogen-bond donors (Lipinski definition) is 2. The van der Waals surface area contributed by atoms with Gasteiger partial charge in [0.25, 0.3) is 0 Å². The lowest BCUT2D eigenvalue weighted by Gasteiger charge is -2.21. The van der Waals surface area contributed by atoms with Crippen molar-refractivity contribution in [3.63, 3.8) is 0 Å². The van der Waals surface area contributed by atoms with Crippen LogP contribution in [0, 0.1) is 5.92 Å². The van der Waals surface area contributed by atoms with E-state index in [0.717, 1.165) is 23.4 Å². The number of nitrogens with one attached hydrogen (secondary N) is 2. The fraction of sp³-hybridized carbons (Fsp3) is 0.467. The summed E-state index contributed by atoms with van der Waals surface area (Å²) < 4.78 is 5.43. The van der Waals surface area contributed by atoms with E-state index in [1.807, 2.05) is 32.0 Å². The van der Waals surface area contributed by atoms with Gasteiger partial charge in [-0.2, -0.15) is 0 Å². The highest BCUT2D eigenvalue weighted by Crippen LogP contribution is 2.27. The van der Waals surface area contributed by atoms with Gasteiger partial charge in [0, 0.05) is 19.0 Å². The Labute approximate surface area is 118 Å². The first kappa shape index (κ1) is 14.4. The maximum atomic E-state index is 12.2. The van der Waals surface area contributed by atoms with Crippen molar-refractivity contribution in [3.8, 4) is 5.75 Å². The zero-order valence-electron chi connectivity index (χ0n) is 12.0. The first-order valence-corrected chi connectivity index (χ1v) is 6.81. The summed E-state index contributed by atoms with van der Waals surface area (Å²) in [4.78, 5) is 23.4. The van der Waals surface area contributed by atoms with Gasteiger partial charge in [0.15, 0.2) is 0 Å². The Morgan fingerprint density at radius 1 is 1.30 bits per heavy atom. The Kier molecular flexibility index (Phi) is 4.27. The fourth-order valence-electron chi connectivity index (χ4n) is 2.24. The van der Waals surface area contributed by atoms with Crippen molar-refractivity contribution in [1.29, 1.82) is 0 Å². The van der Waals surface area contributed by atoms with Crippen molar-refractivity contribution in [3.05, 3.63) is 23.8 Å². The monoisotopic (exact) mass is 276 g/mol. The smallest absolute Gasteiger partial charge is 0.247 e. The molecule has 0 saturated carbocycles. The molecule has 5 nitrogen and oxygen atoms in total. The summed E-state index contributed by atoms with van der Waals surface area (Å²) in [5, 5.41) is 5.53. The van der Waals surface area contributed by atoms with E-state index in [-0.39, 0.29) is 17.7 Å². The lowest BCUT2D eigenvalue weighted by Crippen LogP contribution is -2.46. The molecule has 1 aromatic rings. The standard InChI is InChI=1S/C15H20N2O3/c1-9(2)14(16-10(3)18)15(19)17-12-4-5-13-11(8-12)6-7-20-13/h4-5,8-9,14H,6-7H2,1-3H3,(H,16,18)(H,17,19)/t14-/m0/s1. The number of carbonyl (C=O) groups excluding carboxylic acids is 2. The molecule has 0 fully saturated rings. The summed E-state index contributed by atoms with van der Waals surface area (Å²) in [6.45, 7) is 5.90. The summed E-state index contributed by atoms with van der Waals surface area (Å²) in [6.07, 6.45) is 0.859. The number of fused-ring (bicyclic) bond motifs is 1. The minimum atomic E-state index is -0.531. The third-order valence-corrected chi connectivity index (χ3v) is 3.26. The molecule has 1 atom stereocenters. The van der Waals surface area contributed by atoms with Crippen molar-refractivity contribution in [1.82, 2.24) is 5.32 Å². The fourth-order valence-corrected chi connectivity index (χ4v) is 2.24. The third kappa shape index (κ3) is 3.29. The van der Waals surface area contributed by atoms with Crippen molar-refractivity contribution >= 4 is 17.5 Å². The van der Waals surface area contributed by atoms with E-state index in [1.54, 1.807) is 0 Å². The van der Waals surface area contributed by atoms with Crippen LogP contribution in [0.5, 0.6) is 5.75 Å². The number of ether oxygens (including phenoxy) is 1. The molecule has 0 bridgehead atoms. The summed E-state index contributed by atoms with van der Waals surface area (Å²) >= 11 is 0. The zero-order valence-corrected chi connectivity index (χ0v) is 12.0. The third-order valence-electron chi connectivity index (χ3n) is 3.26. The maximum absolute atomic E-state index is 12.2. The molecule has 1 aliphatic rings. The molecule has 1 aromatic carbocycles. The highest BCUT2D eigenvalue weighted by atomic mass is 16.5. The Hall–Kier alpha value is -2.04. The summed E-state index contributed by atoms with van der Waals surface area (Å²) in [5.41, 5.74) is 1.83. The number of benzene rings is 1. The summed E-state index contributed by atoms with van der Waals surface area (Å²) in [7, 11) is 0. The van der Waals surface area contributed by atoms with Crippen molar-refractivity contribution in [2.75, 3.05) is 11.9 Å². The van der Waals surface area contributed by atoms with Gasteiger partial charge in [-0.05, 0) is 29.7 Å². The molecule has 0 unspecified atom stereocenters. The van der Waals surface area contributed by atoms with Gasteiger partial charge in [0.2, 0.25) is 11.8 Å². The van der Waals surface area contributed by atoms with Crippen LogP contribution in [0.15, 0.2) is 18.2 Å². The van der Waals surface area contributed by atoms with E-state index in [4.69, 9.17) is 4.74 Å². The lowest BCUT2D eigenvalue weighted by atomic mass is 10.0. The highest BCUT2D eigenvalue weighted by molar-refractivity contribution is 5.97. The van der Waals surface area contributed by atoms with Crippen LogP contribution in [0.3, 0.4) is 0 Å². The van der Waals surface area contributed by atoms with Gasteiger partial charge >= 0.3 is 0 Å². The van der Waals surface area contributed by atoms with Gasteiger partial charge in [-0.15, -0.1) is 0 Å². The first-order valence-electron chi connectivity index (χ1n) is 6.81. The van der Waals surface area contributed by atoms with Crippen LogP contribution >= 0.6 is 0 Å². The number of hydrogen-bond acceptors (Lipinski definition) is 3. The molecule has 2 amide bonds. The molecule has 0 radical (unpaired) electrons. The van der Waals surface area contributed by atoms with E-state index in [0.29, 0.717) is 6.61 Å². The molecular formula is C15H20N2O3. The van der Waals surface area contributed by atoms with Gasteiger partial charge in [-0.1, -0.05) is 13.8 Å². The zero-order chi connectivity index (χ0) is 14.7. The normalized spacial score (nSPS) is 14.4. The van der Waals surface area contributed by atoms with Gasteiger partial charge in [-0.3, -0.25) is 9.59 Å². The van der Waals surface area contributed by atoms with Crippen LogP contribution in [0.25, 0.3) is 0 Å². The highest BCUT2D eigenvalue weighted by Gasteiger charge is 2.23. The lowest BCUT2D eigenvalue weighted by molar-refractivity contribution is -0.126. The molecular weight excluding hydrogens is 256 g/mol. The van der Waals surface area contributed by atoms with Crippen LogP contribution < -0.4 is 15.4 Å². The molecule has 108 valence electrons. The molecule has 5 heteroatoms. The summed E-state index contributed by atoms with van der Waals surface area (Å²) in [6, 6.07) is 5.07. The number of amides is 2. The average Bonchev–Trinajstić information content (AvgIpc) is 2.82. The first-order chi connectivity index (χ1) is 9.47. The van der Waals surface area contributed by atoms with Gasteiger partial charge in [0.1, 0.15) is 11.8 Å². The second-order valence-corrected chi connectivity index (χ2v) is 5.33. The molecule has 1 aliphatic heterocycles. The maximum Gasteiger partial charge on any atom is 0.247 e. The van der Waals surface area contributed by atoms with Gasteiger partial charge in [0.05, 0.1) is 6.61 Å². The minimum Gasteiger partial charge on any atom is -0.493 e. The van der Waals surface area contributed by atoms with E-state index in [2.05, 4.69) is 10.6 Å². The van der Waals surface area contributed by atoms with E-state index < -0.39 is 6.04 Å². The second-order valence-electron chi connectivity index (χ2n) is 5.33. The minimum absolute atomic E-state index is 0.0247. The molecule has 1 heterocycles. The molecule has 2 rings (SSSR count). The molecule has 0 saturated heterocycles. The molecule has 20 heavy (non-hydrogen) atoms. The Morgan fingerprint density at radius 3 is 2.70 bits per heavy atom. The molecule has 0 aromatic heterocycles. The number of anilines is 1. The van der Waals surface area contributed by atoms with Crippen LogP contribution in [-0.4, -0.2) is 24.5 Å². The Bertz CT molecular complexity index is 526. The van der Waals surface area contributed by atoms with Crippen LogP contribution in [0.1, 0.15) is 26.3 Å². The second kappa shape index (κ2) is 5.94. The Morgan fingerprint density at radius 2 is 2.05 bits per heavy atom. The van der Waals surface area contributed by atoms with Crippen molar-refractivity contribution < 1.29 is 14.3 Å². The molecule has 0 spiro atoms. The topological polar surface area (TPSA) is 67.4 Å². The van der Waals surface area contributed by atoms with Gasteiger partial charge < -0.3 is 15.4 Å². The molecule has 2 N–H and O–H groups in total. The van der Waals surface area contributed by atoms with E-state index in [9.17, 15) is 9.59 Å². The molecule has 0 aliphatic carbocycles. The van der Waals surface area contributed by atoms with Crippen LogP contribution in [0.4, 0.5) is 5.69 Å².